The lowest BCUT2D eigenvalue weighted by molar-refractivity contribution is 1.23. The molecule has 100 valence electrons. The molecule has 0 atom stereocenters. The molecule has 3 aromatic carbocycles. The van der Waals surface area contributed by atoms with Crippen LogP contribution in [0.3, 0.4) is 0 Å². The fourth-order valence-electron chi connectivity index (χ4n) is 2.97. The summed E-state index contributed by atoms with van der Waals surface area (Å²) in [6.07, 6.45) is 0. The van der Waals surface area contributed by atoms with Gasteiger partial charge in [-0.25, -0.2) is 0 Å². The third-order valence-corrected chi connectivity index (χ3v) is 3.91. The van der Waals surface area contributed by atoms with Crippen molar-refractivity contribution in [3.05, 3.63) is 78.5 Å². The summed E-state index contributed by atoms with van der Waals surface area (Å²) < 4.78 is 0. The molecule has 21 heavy (non-hydrogen) atoms. The van der Waals surface area contributed by atoms with Gasteiger partial charge in [-0.15, -0.1) is 0 Å². The number of aryl methyl sites for hydroxylation is 1. The van der Waals surface area contributed by atoms with Crippen LogP contribution in [0.15, 0.2) is 72.8 Å². The summed E-state index contributed by atoms with van der Waals surface area (Å²) in [6.45, 7) is 2.06. The van der Waals surface area contributed by atoms with Gasteiger partial charge in [0.25, 0.3) is 0 Å². The summed E-state index contributed by atoms with van der Waals surface area (Å²) in [5.41, 5.74) is 3.33. The zero-order valence-corrected chi connectivity index (χ0v) is 11.9. The Morgan fingerprint density at radius 2 is 1.33 bits per heavy atom. The second kappa shape index (κ2) is 4.71. The maximum absolute atomic E-state index is 4.82. The average molecular weight is 269 g/mol. The van der Waals surface area contributed by atoms with Crippen molar-refractivity contribution >= 4 is 21.5 Å². The highest BCUT2D eigenvalue weighted by atomic mass is 14.7. The standard InChI is InChI=1S/C20H15N/c1-14-13-16-8-3-5-11-18(16)20(21-14)19-12-6-9-15-7-2-4-10-17(15)19/h2-13H,1H3. The van der Waals surface area contributed by atoms with Crippen LogP contribution in [-0.4, -0.2) is 4.98 Å². The zero-order valence-electron chi connectivity index (χ0n) is 11.9. The van der Waals surface area contributed by atoms with Gasteiger partial charge in [-0.1, -0.05) is 66.7 Å². The summed E-state index contributed by atoms with van der Waals surface area (Å²) >= 11 is 0. The first-order valence-corrected chi connectivity index (χ1v) is 7.17. The summed E-state index contributed by atoms with van der Waals surface area (Å²) in [5.74, 6) is 0. The Morgan fingerprint density at radius 3 is 2.19 bits per heavy atom. The van der Waals surface area contributed by atoms with E-state index in [0.717, 1.165) is 11.4 Å². The molecule has 0 saturated heterocycles. The molecular formula is C20H15N. The van der Waals surface area contributed by atoms with Crippen molar-refractivity contribution in [1.29, 1.82) is 0 Å². The molecule has 0 bridgehead atoms. The van der Waals surface area contributed by atoms with E-state index in [1.165, 1.54) is 27.1 Å². The van der Waals surface area contributed by atoms with Crippen molar-refractivity contribution in [1.82, 2.24) is 4.98 Å². The van der Waals surface area contributed by atoms with E-state index in [1.54, 1.807) is 0 Å². The number of rotatable bonds is 1. The molecule has 1 nitrogen and oxygen atoms in total. The van der Waals surface area contributed by atoms with Gasteiger partial charge in [-0.2, -0.15) is 0 Å². The highest BCUT2D eigenvalue weighted by Crippen LogP contribution is 2.32. The van der Waals surface area contributed by atoms with Gasteiger partial charge in [0.05, 0.1) is 5.69 Å². The van der Waals surface area contributed by atoms with Crippen LogP contribution in [0.2, 0.25) is 0 Å². The van der Waals surface area contributed by atoms with E-state index in [0.29, 0.717) is 0 Å². The number of hydrogen-bond donors (Lipinski definition) is 0. The number of nitrogens with zero attached hydrogens (tertiary/aromatic N) is 1. The van der Waals surface area contributed by atoms with Crippen LogP contribution in [0.5, 0.6) is 0 Å². The SMILES string of the molecule is Cc1cc2ccccc2c(-c2cccc3ccccc23)n1. The van der Waals surface area contributed by atoms with Crippen LogP contribution < -0.4 is 0 Å². The van der Waals surface area contributed by atoms with Crippen LogP contribution in [-0.2, 0) is 0 Å². The van der Waals surface area contributed by atoms with Gasteiger partial charge in [0.15, 0.2) is 0 Å². The van der Waals surface area contributed by atoms with Crippen LogP contribution in [0.25, 0.3) is 32.8 Å². The summed E-state index contributed by atoms with van der Waals surface area (Å²) in [6, 6.07) is 25.5. The molecule has 0 N–H and O–H groups in total. The van der Waals surface area contributed by atoms with E-state index in [1.807, 2.05) is 0 Å². The minimum absolute atomic E-state index is 1.05. The number of aromatic nitrogens is 1. The largest absolute Gasteiger partial charge is 0.252 e. The molecule has 0 amide bonds. The van der Waals surface area contributed by atoms with Crippen molar-refractivity contribution in [3.8, 4) is 11.3 Å². The predicted molar refractivity (Wildman–Crippen MR) is 89.4 cm³/mol. The van der Waals surface area contributed by atoms with Crippen molar-refractivity contribution < 1.29 is 0 Å². The molecule has 4 aromatic rings. The molecular weight excluding hydrogens is 254 g/mol. The fraction of sp³-hybridized carbons (Fsp3) is 0.0500. The average Bonchev–Trinajstić information content (AvgIpc) is 2.53. The monoisotopic (exact) mass is 269 g/mol. The van der Waals surface area contributed by atoms with Crippen LogP contribution >= 0.6 is 0 Å². The molecule has 0 spiro atoms. The van der Waals surface area contributed by atoms with Gasteiger partial charge in [0, 0.05) is 16.6 Å². The second-order valence-electron chi connectivity index (χ2n) is 5.36. The smallest absolute Gasteiger partial charge is 0.0789 e. The Kier molecular flexibility index (Phi) is 2.71. The minimum atomic E-state index is 1.05. The molecule has 1 heterocycles. The normalized spacial score (nSPS) is 11.1. The number of hydrogen-bond acceptors (Lipinski definition) is 1. The van der Waals surface area contributed by atoms with Crippen LogP contribution in [0, 0.1) is 6.92 Å². The Bertz CT molecular complexity index is 949. The van der Waals surface area contributed by atoms with E-state index in [4.69, 9.17) is 4.98 Å². The topological polar surface area (TPSA) is 12.9 Å². The summed E-state index contributed by atoms with van der Waals surface area (Å²) in [5, 5.41) is 4.96. The number of fused-ring (bicyclic) bond motifs is 2. The lowest BCUT2D eigenvalue weighted by Gasteiger charge is -2.10. The highest BCUT2D eigenvalue weighted by molar-refractivity contribution is 6.03. The molecule has 4 rings (SSSR count). The van der Waals surface area contributed by atoms with E-state index in [9.17, 15) is 0 Å². The van der Waals surface area contributed by atoms with E-state index in [-0.39, 0.29) is 0 Å². The maximum atomic E-state index is 4.82. The highest BCUT2D eigenvalue weighted by Gasteiger charge is 2.09. The van der Waals surface area contributed by atoms with Gasteiger partial charge in [-0.3, -0.25) is 4.98 Å². The Balaban J connectivity index is 2.14. The molecule has 0 saturated carbocycles. The number of pyridine rings is 1. The first-order chi connectivity index (χ1) is 10.3. The predicted octanol–water partition coefficient (Wildman–Crippen LogP) is 5.36. The Labute approximate surface area is 123 Å². The first-order valence-electron chi connectivity index (χ1n) is 7.17. The third-order valence-electron chi connectivity index (χ3n) is 3.91. The van der Waals surface area contributed by atoms with E-state index >= 15 is 0 Å². The van der Waals surface area contributed by atoms with Crippen LogP contribution in [0.4, 0.5) is 0 Å². The van der Waals surface area contributed by atoms with Gasteiger partial charge in [0.1, 0.15) is 0 Å². The molecule has 0 aliphatic heterocycles. The molecule has 0 fully saturated rings. The molecule has 0 aliphatic carbocycles. The zero-order chi connectivity index (χ0) is 14.2. The van der Waals surface area contributed by atoms with Gasteiger partial charge in [-0.05, 0) is 29.1 Å². The second-order valence-corrected chi connectivity index (χ2v) is 5.36. The summed E-state index contributed by atoms with van der Waals surface area (Å²) in [4.78, 5) is 4.82. The third kappa shape index (κ3) is 1.98. The minimum Gasteiger partial charge on any atom is -0.252 e. The molecule has 1 heteroatoms. The van der Waals surface area contributed by atoms with Crippen LogP contribution in [0.1, 0.15) is 5.69 Å². The van der Waals surface area contributed by atoms with E-state index < -0.39 is 0 Å². The Hall–Kier alpha value is -2.67. The van der Waals surface area contributed by atoms with Gasteiger partial charge in [0.2, 0.25) is 0 Å². The molecule has 1 aromatic heterocycles. The van der Waals surface area contributed by atoms with E-state index in [2.05, 4.69) is 79.7 Å². The Morgan fingerprint density at radius 1 is 0.667 bits per heavy atom. The van der Waals surface area contributed by atoms with Crippen molar-refractivity contribution in [3.63, 3.8) is 0 Å². The quantitative estimate of drug-likeness (QED) is 0.453. The van der Waals surface area contributed by atoms with Crippen molar-refractivity contribution in [2.45, 2.75) is 6.92 Å². The number of benzene rings is 3. The summed E-state index contributed by atoms with van der Waals surface area (Å²) in [7, 11) is 0. The fourth-order valence-corrected chi connectivity index (χ4v) is 2.97. The van der Waals surface area contributed by atoms with Crippen molar-refractivity contribution in [2.24, 2.45) is 0 Å². The van der Waals surface area contributed by atoms with Crippen molar-refractivity contribution in [2.75, 3.05) is 0 Å². The maximum Gasteiger partial charge on any atom is 0.0789 e. The molecule has 0 radical (unpaired) electrons. The lowest BCUT2D eigenvalue weighted by atomic mass is 9.98. The first kappa shape index (κ1) is 12.1. The van der Waals surface area contributed by atoms with Gasteiger partial charge >= 0.3 is 0 Å². The van der Waals surface area contributed by atoms with Gasteiger partial charge < -0.3 is 0 Å². The molecule has 0 unspecified atom stereocenters. The lowest BCUT2D eigenvalue weighted by Crippen LogP contribution is -1.90. The molecule has 0 aliphatic rings.